The summed E-state index contributed by atoms with van der Waals surface area (Å²) in [6.45, 7) is 3.84. The van der Waals surface area contributed by atoms with Crippen LogP contribution in [0.1, 0.15) is 36.7 Å². The van der Waals surface area contributed by atoms with Gasteiger partial charge in [0.15, 0.2) is 0 Å². The van der Waals surface area contributed by atoms with Gasteiger partial charge in [-0.15, -0.1) is 0 Å². The molecular formula is C24H27N3O4. The SMILES string of the molecule is CCNC(=O)[C@@H]1[C@@H](CO)[C@@H]2Cn3c(ccc(/C=C/c4ccccc4)c3=O)[C@@H]2N1C(C)=O. The molecule has 1 aromatic heterocycles. The van der Waals surface area contributed by atoms with Crippen molar-refractivity contribution in [1.82, 2.24) is 14.8 Å². The first-order chi connectivity index (χ1) is 15.0. The van der Waals surface area contributed by atoms with Gasteiger partial charge in [-0.25, -0.2) is 0 Å². The van der Waals surface area contributed by atoms with Crippen LogP contribution in [0.25, 0.3) is 12.2 Å². The maximum absolute atomic E-state index is 13.2. The Morgan fingerprint density at radius 1 is 1.16 bits per heavy atom. The zero-order chi connectivity index (χ0) is 22.1. The summed E-state index contributed by atoms with van der Waals surface area (Å²) in [4.78, 5) is 40.0. The monoisotopic (exact) mass is 421 g/mol. The number of amides is 2. The van der Waals surface area contributed by atoms with E-state index in [1.165, 1.54) is 6.92 Å². The molecule has 7 heteroatoms. The van der Waals surface area contributed by atoms with Gasteiger partial charge in [-0.3, -0.25) is 14.4 Å². The van der Waals surface area contributed by atoms with Gasteiger partial charge in [0, 0.05) is 49.7 Å². The molecule has 2 aromatic rings. The third-order valence-corrected chi connectivity index (χ3v) is 6.34. The third kappa shape index (κ3) is 3.59. The van der Waals surface area contributed by atoms with E-state index in [1.54, 1.807) is 21.6 Å². The summed E-state index contributed by atoms with van der Waals surface area (Å²) < 4.78 is 1.69. The molecule has 3 heterocycles. The number of pyridine rings is 1. The Labute approximate surface area is 181 Å². The number of likely N-dealkylation sites (N-methyl/N-ethyl adjacent to an activating group) is 1. The summed E-state index contributed by atoms with van der Waals surface area (Å²) in [6, 6.07) is 12.2. The highest BCUT2D eigenvalue weighted by Gasteiger charge is 2.56. The Kier molecular flexibility index (Phi) is 5.78. The highest BCUT2D eigenvalue weighted by atomic mass is 16.3. The second kappa shape index (κ2) is 8.51. The Morgan fingerprint density at radius 3 is 2.55 bits per heavy atom. The molecule has 0 spiro atoms. The molecule has 1 fully saturated rings. The highest BCUT2D eigenvalue weighted by molar-refractivity contribution is 5.88. The first kappa shape index (κ1) is 21.1. The molecule has 1 saturated heterocycles. The van der Waals surface area contributed by atoms with E-state index in [0.29, 0.717) is 24.3 Å². The lowest BCUT2D eigenvalue weighted by molar-refractivity contribution is -0.140. The Hall–Kier alpha value is -3.19. The Morgan fingerprint density at radius 2 is 1.90 bits per heavy atom. The summed E-state index contributed by atoms with van der Waals surface area (Å²) in [5.74, 6) is -1.12. The van der Waals surface area contributed by atoms with Crippen LogP contribution in [0.2, 0.25) is 0 Å². The lowest BCUT2D eigenvalue weighted by atomic mass is 9.88. The maximum atomic E-state index is 13.2. The number of fused-ring (bicyclic) bond motifs is 3. The van der Waals surface area contributed by atoms with Crippen LogP contribution < -0.4 is 10.9 Å². The number of rotatable bonds is 5. The summed E-state index contributed by atoms with van der Waals surface area (Å²) >= 11 is 0. The number of aliphatic hydroxyl groups is 1. The van der Waals surface area contributed by atoms with Gasteiger partial charge in [-0.1, -0.05) is 36.4 Å². The van der Waals surface area contributed by atoms with Crippen molar-refractivity contribution in [3.05, 3.63) is 69.6 Å². The standard InChI is InChI=1S/C24H27N3O4/c1-3-25-23(30)22-19(14-28)18-13-26-20(21(18)27(22)15(2)29)12-11-17(24(26)31)10-9-16-7-5-4-6-8-16/h4-12,18-19,21-22,28H,3,13-14H2,1-2H3,(H,25,30)/b10-9+/t18-,19-,21+,22-/m0/s1. The molecule has 0 bridgehead atoms. The molecule has 2 N–H and O–H groups in total. The number of carbonyl (C=O) groups excluding carboxylic acids is 2. The van der Waals surface area contributed by atoms with Gasteiger partial charge < -0.3 is 19.9 Å². The normalized spacial score (nSPS) is 24.3. The molecule has 0 unspecified atom stereocenters. The minimum atomic E-state index is -0.737. The number of carbonyl (C=O) groups is 2. The minimum Gasteiger partial charge on any atom is -0.396 e. The van der Waals surface area contributed by atoms with Gasteiger partial charge in [0.1, 0.15) is 6.04 Å². The summed E-state index contributed by atoms with van der Waals surface area (Å²) in [5.41, 5.74) is 2.14. The van der Waals surface area contributed by atoms with E-state index < -0.39 is 18.0 Å². The fraction of sp³-hybridized carbons (Fsp3) is 0.375. The Bertz CT molecular complexity index is 1080. The molecule has 7 nitrogen and oxygen atoms in total. The quantitative estimate of drug-likeness (QED) is 0.768. The lowest BCUT2D eigenvalue weighted by Crippen LogP contribution is -2.49. The maximum Gasteiger partial charge on any atom is 0.258 e. The third-order valence-electron chi connectivity index (χ3n) is 6.34. The van der Waals surface area contributed by atoms with E-state index in [4.69, 9.17) is 0 Å². The predicted octanol–water partition coefficient (Wildman–Crippen LogP) is 1.66. The van der Waals surface area contributed by atoms with E-state index in [2.05, 4.69) is 5.32 Å². The molecule has 4 atom stereocenters. The summed E-state index contributed by atoms with van der Waals surface area (Å²) in [7, 11) is 0. The smallest absolute Gasteiger partial charge is 0.258 e. The zero-order valence-electron chi connectivity index (χ0n) is 17.7. The van der Waals surface area contributed by atoms with Crippen molar-refractivity contribution in [3.8, 4) is 0 Å². The average Bonchev–Trinajstić information content (AvgIpc) is 3.29. The molecule has 1 aromatic carbocycles. The van der Waals surface area contributed by atoms with E-state index in [9.17, 15) is 19.5 Å². The number of likely N-dealkylation sites (tertiary alicyclic amines) is 1. The number of nitrogens with zero attached hydrogens (tertiary/aromatic N) is 2. The molecule has 31 heavy (non-hydrogen) atoms. The van der Waals surface area contributed by atoms with Gasteiger partial charge in [-0.2, -0.15) is 0 Å². The summed E-state index contributed by atoms with van der Waals surface area (Å²) in [5, 5.41) is 12.9. The van der Waals surface area contributed by atoms with Gasteiger partial charge >= 0.3 is 0 Å². The Balaban J connectivity index is 1.72. The number of aromatic nitrogens is 1. The molecule has 2 aliphatic rings. The zero-order valence-corrected chi connectivity index (χ0v) is 17.7. The predicted molar refractivity (Wildman–Crippen MR) is 118 cm³/mol. The van der Waals surface area contributed by atoms with E-state index in [-0.39, 0.29) is 29.9 Å². The second-order valence-electron chi connectivity index (χ2n) is 8.09. The average molecular weight is 421 g/mol. The first-order valence-corrected chi connectivity index (χ1v) is 10.6. The summed E-state index contributed by atoms with van der Waals surface area (Å²) in [6.07, 6.45) is 3.69. The van der Waals surface area contributed by atoms with Crippen LogP contribution in [0.3, 0.4) is 0 Å². The minimum absolute atomic E-state index is 0.131. The fourth-order valence-corrected chi connectivity index (χ4v) is 5.02. The first-order valence-electron chi connectivity index (χ1n) is 10.6. The van der Waals surface area contributed by atoms with E-state index in [1.807, 2.05) is 49.4 Å². The van der Waals surface area contributed by atoms with Gasteiger partial charge in [-0.05, 0) is 30.7 Å². The van der Waals surface area contributed by atoms with Crippen molar-refractivity contribution in [2.75, 3.05) is 13.2 Å². The molecule has 2 aliphatic heterocycles. The van der Waals surface area contributed by atoms with Gasteiger partial charge in [0.05, 0.1) is 6.04 Å². The van der Waals surface area contributed by atoms with Crippen LogP contribution in [-0.4, -0.2) is 45.6 Å². The van der Waals surface area contributed by atoms with Crippen LogP contribution in [0.5, 0.6) is 0 Å². The number of hydrogen-bond acceptors (Lipinski definition) is 4. The van der Waals surface area contributed by atoms with Crippen LogP contribution in [0, 0.1) is 11.8 Å². The van der Waals surface area contributed by atoms with E-state index in [0.717, 1.165) is 5.56 Å². The fourth-order valence-electron chi connectivity index (χ4n) is 5.02. The molecule has 162 valence electrons. The van der Waals surface area contributed by atoms with Gasteiger partial charge in [0.25, 0.3) is 5.56 Å². The van der Waals surface area contributed by atoms with Crippen molar-refractivity contribution in [3.63, 3.8) is 0 Å². The van der Waals surface area contributed by atoms with Crippen molar-refractivity contribution < 1.29 is 14.7 Å². The van der Waals surface area contributed by atoms with Crippen LogP contribution >= 0.6 is 0 Å². The number of aliphatic hydroxyl groups excluding tert-OH is 1. The van der Waals surface area contributed by atoms with Crippen LogP contribution in [0.15, 0.2) is 47.3 Å². The molecule has 0 aliphatic carbocycles. The second-order valence-corrected chi connectivity index (χ2v) is 8.09. The largest absolute Gasteiger partial charge is 0.396 e. The van der Waals surface area contributed by atoms with Gasteiger partial charge in [0.2, 0.25) is 11.8 Å². The number of hydrogen-bond donors (Lipinski definition) is 2. The molecule has 4 rings (SSSR count). The number of nitrogens with one attached hydrogen (secondary N) is 1. The lowest BCUT2D eigenvalue weighted by Gasteiger charge is -2.29. The van der Waals surface area contributed by atoms with E-state index >= 15 is 0 Å². The number of benzene rings is 1. The van der Waals surface area contributed by atoms with Crippen LogP contribution in [-0.2, 0) is 16.1 Å². The van der Waals surface area contributed by atoms with Crippen LogP contribution in [0.4, 0.5) is 0 Å². The van der Waals surface area contributed by atoms with Crippen molar-refractivity contribution in [2.24, 2.45) is 11.8 Å². The molecule has 0 saturated carbocycles. The molecular weight excluding hydrogens is 394 g/mol. The molecule has 0 radical (unpaired) electrons. The topological polar surface area (TPSA) is 91.6 Å². The highest BCUT2D eigenvalue weighted by Crippen LogP contribution is 2.49. The van der Waals surface area contributed by atoms with Crippen molar-refractivity contribution >= 4 is 24.0 Å². The van der Waals surface area contributed by atoms with Crippen molar-refractivity contribution in [2.45, 2.75) is 32.5 Å². The van der Waals surface area contributed by atoms with Crippen molar-refractivity contribution in [1.29, 1.82) is 0 Å². The molecule has 2 amide bonds.